The number of para-hydroxylation sites is 2. The third-order valence-electron chi connectivity index (χ3n) is 6.15. The molecule has 0 saturated carbocycles. The van der Waals surface area contributed by atoms with E-state index in [0.29, 0.717) is 56.4 Å². The molecule has 7 heteroatoms. The quantitative estimate of drug-likeness (QED) is 0.218. The van der Waals surface area contributed by atoms with E-state index < -0.39 is 0 Å². The van der Waals surface area contributed by atoms with Crippen LogP contribution in [0, 0.1) is 49.4 Å². The summed E-state index contributed by atoms with van der Waals surface area (Å²) in [4.78, 5) is 32.7. The summed E-state index contributed by atoms with van der Waals surface area (Å²) < 4.78 is 0. The molecule has 0 saturated heterocycles. The van der Waals surface area contributed by atoms with Crippen molar-refractivity contribution in [1.29, 1.82) is 0 Å². The van der Waals surface area contributed by atoms with Crippen LogP contribution in [0.15, 0.2) is 94.9 Å². The molecule has 200 valence electrons. The Hall–Kier alpha value is -5.91. The fraction of sp³-hybridized carbons (Fsp3) is 0. The minimum Gasteiger partial charge on any atom is -0.621 e. The van der Waals surface area contributed by atoms with Crippen molar-refractivity contribution in [2.45, 2.75) is 0 Å². The second-order valence-electron chi connectivity index (χ2n) is 8.90. The number of nitrogens with zero attached hydrogens (tertiary/aromatic N) is 4. The van der Waals surface area contributed by atoms with Crippen LogP contribution in [-0.2, 0) is 30.7 Å². The Morgan fingerprint density at radius 3 is 1.16 bits per heavy atom. The van der Waals surface area contributed by atoms with Gasteiger partial charge in [0.2, 0.25) is 0 Å². The monoisotopic (exact) mass is 722 g/mol. The molecule has 6 nitrogen and oxygen atoms in total. The van der Waals surface area contributed by atoms with E-state index in [1.165, 1.54) is 0 Å². The first-order chi connectivity index (χ1) is 20.4. The third-order valence-corrected chi connectivity index (χ3v) is 6.15. The molecule has 43 heavy (non-hydrogen) atoms. The van der Waals surface area contributed by atoms with Gasteiger partial charge in [0, 0.05) is 22.3 Å². The molecule has 0 N–H and O–H groups in total. The maximum Gasteiger partial charge on any atom is 2.00 e. The minimum absolute atomic E-state index is 0. The molecular weight excluding hydrogens is 704 g/mol. The van der Waals surface area contributed by atoms with E-state index in [0.717, 1.165) is 11.1 Å². The van der Waals surface area contributed by atoms with Crippen molar-refractivity contribution in [3.05, 3.63) is 129 Å². The summed E-state index contributed by atoms with van der Waals surface area (Å²) in [6, 6.07) is 24.8. The molecule has 0 aliphatic carbocycles. The Balaban J connectivity index is 0.000000192. The SMILES string of the molecule is C#Cc1cc(C#C)cc(N=C2C(=O)[N-]c3ccccc32)c1.C#Cc1cc(C#C)cc(N=C2C(=O)[N-]c3ccccc32)c1.[W+2]. The average molecular weight is 722 g/mol. The van der Waals surface area contributed by atoms with Gasteiger partial charge < -0.3 is 20.2 Å². The number of aliphatic imine (C=N–C) groups is 2. The van der Waals surface area contributed by atoms with Crippen molar-refractivity contribution in [3.8, 4) is 49.4 Å². The van der Waals surface area contributed by atoms with Crippen LogP contribution < -0.4 is 0 Å². The fourth-order valence-electron chi connectivity index (χ4n) is 4.26. The number of rotatable bonds is 2. The van der Waals surface area contributed by atoms with Crippen LogP contribution in [-0.4, -0.2) is 23.2 Å². The van der Waals surface area contributed by atoms with Gasteiger partial charge in [0.1, 0.15) is 11.8 Å². The van der Waals surface area contributed by atoms with E-state index in [1.54, 1.807) is 48.5 Å². The summed E-state index contributed by atoms with van der Waals surface area (Å²) in [5.41, 5.74) is 6.92. The summed E-state index contributed by atoms with van der Waals surface area (Å²) in [6.45, 7) is 0. The Bertz CT molecular complexity index is 1820. The normalized spacial score (nSPS) is 13.9. The second kappa shape index (κ2) is 13.2. The standard InChI is InChI=1S/2C18H10N2O.W/c2*1-3-12-9-13(4-2)11-14(10-12)19-17-15-7-5-6-8-16(15)20-18(17)21;/h2*1-2,5-11H,(H,19,20,21);/q;;+2/p-2. The number of terminal acetylenes is 4. The van der Waals surface area contributed by atoms with Crippen molar-refractivity contribution in [2.75, 3.05) is 0 Å². The number of amides is 2. The van der Waals surface area contributed by atoms with E-state index in [-0.39, 0.29) is 32.9 Å². The molecule has 4 aromatic carbocycles. The molecule has 2 amide bonds. The van der Waals surface area contributed by atoms with Gasteiger partial charge in [-0.25, -0.2) is 9.98 Å². The number of hydrogen-bond acceptors (Lipinski definition) is 4. The molecule has 0 spiro atoms. The molecule has 2 aliphatic rings. The van der Waals surface area contributed by atoms with E-state index in [2.05, 4.69) is 44.3 Å². The van der Waals surface area contributed by atoms with Crippen molar-refractivity contribution in [2.24, 2.45) is 9.98 Å². The van der Waals surface area contributed by atoms with Crippen LogP contribution in [0.4, 0.5) is 22.7 Å². The Morgan fingerprint density at radius 1 is 0.512 bits per heavy atom. The molecule has 0 bridgehead atoms. The first-order valence-electron chi connectivity index (χ1n) is 12.5. The zero-order valence-corrected chi connectivity index (χ0v) is 25.3. The molecule has 0 fully saturated rings. The van der Waals surface area contributed by atoms with Gasteiger partial charge in [-0.15, -0.1) is 37.1 Å². The molecule has 0 aromatic heterocycles. The largest absolute Gasteiger partial charge is 2.00 e. The fourth-order valence-corrected chi connectivity index (χ4v) is 4.26. The van der Waals surface area contributed by atoms with E-state index in [1.807, 2.05) is 36.4 Å². The maximum absolute atomic E-state index is 12.0. The van der Waals surface area contributed by atoms with Gasteiger partial charge in [-0.1, -0.05) is 72.2 Å². The first-order valence-corrected chi connectivity index (χ1v) is 12.5. The summed E-state index contributed by atoms with van der Waals surface area (Å²) in [6.07, 6.45) is 21.6. The van der Waals surface area contributed by atoms with Crippen molar-refractivity contribution < 1.29 is 30.7 Å². The number of hydrogen-bond donors (Lipinski definition) is 0. The minimum atomic E-state index is -0.357. The van der Waals surface area contributed by atoms with Crippen LogP contribution in [0.25, 0.3) is 10.6 Å². The van der Waals surface area contributed by atoms with Gasteiger partial charge in [0.15, 0.2) is 0 Å². The smallest absolute Gasteiger partial charge is 0.621 e. The molecule has 0 unspecified atom stereocenters. The van der Waals surface area contributed by atoms with Crippen LogP contribution in [0.3, 0.4) is 0 Å². The molecule has 0 atom stereocenters. The molecule has 2 aliphatic heterocycles. The zero-order chi connectivity index (χ0) is 29.6. The number of fused-ring (bicyclic) bond motifs is 2. The summed E-state index contributed by atoms with van der Waals surface area (Å²) in [5, 5.41) is 7.93. The molecule has 6 rings (SSSR count). The number of carbonyl (C=O) groups excluding carboxylic acids is 2. The predicted octanol–water partition coefficient (Wildman–Crippen LogP) is 6.63. The molecular formula is C36H18N4O2W. The zero-order valence-electron chi connectivity index (χ0n) is 22.4. The Kier molecular flexibility index (Phi) is 9.20. The summed E-state index contributed by atoms with van der Waals surface area (Å²) >= 11 is 0. The number of carbonyl (C=O) groups is 2. The van der Waals surface area contributed by atoms with Gasteiger partial charge in [-0.05, 0) is 47.5 Å². The second-order valence-corrected chi connectivity index (χ2v) is 8.90. The maximum atomic E-state index is 12.0. The van der Waals surface area contributed by atoms with Crippen LogP contribution in [0.1, 0.15) is 33.4 Å². The predicted molar refractivity (Wildman–Crippen MR) is 166 cm³/mol. The van der Waals surface area contributed by atoms with Crippen molar-refractivity contribution in [1.82, 2.24) is 0 Å². The van der Waals surface area contributed by atoms with E-state index >= 15 is 0 Å². The summed E-state index contributed by atoms with van der Waals surface area (Å²) in [7, 11) is 0. The topological polar surface area (TPSA) is 87.1 Å². The van der Waals surface area contributed by atoms with Crippen molar-refractivity contribution in [3.63, 3.8) is 0 Å². The summed E-state index contributed by atoms with van der Waals surface area (Å²) in [5.74, 6) is 9.38. The Morgan fingerprint density at radius 2 is 0.837 bits per heavy atom. The van der Waals surface area contributed by atoms with Crippen molar-refractivity contribution >= 4 is 46.0 Å². The van der Waals surface area contributed by atoms with Gasteiger partial charge in [-0.2, -0.15) is 0 Å². The van der Waals surface area contributed by atoms with Crippen LogP contribution in [0.2, 0.25) is 0 Å². The van der Waals surface area contributed by atoms with Gasteiger partial charge in [0.05, 0.1) is 22.8 Å². The molecule has 2 heterocycles. The third kappa shape index (κ3) is 6.54. The van der Waals surface area contributed by atoms with E-state index in [9.17, 15) is 9.59 Å². The van der Waals surface area contributed by atoms with Gasteiger partial charge in [0.25, 0.3) is 0 Å². The Labute approximate surface area is 264 Å². The van der Waals surface area contributed by atoms with Gasteiger partial charge >= 0.3 is 21.1 Å². The van der Waals surface area contributed by atoms with Crippen LogP contribution in [0.5, 0.6) is 0 Å². The van der Waals surface area contributed by atoms with Gasteiger partial charge in [-0.3, -0.25) is 0 Å². The number of benzene rings is 4. The van der Waals surface area contributed by atoms with E-state index in [4.69, 9.17) is 25.7 Å². The molecule has 0 radical (unpaired) electrons. The average Bonchev–Trinajstić information content (AvgIpc) is 3.51. The van der Waals surface area contributed by atoms with Crippen LogP contribution >= 0.6 is 0 Å². The first kappa shape index (κ1) is 30.1. The molecule has 4 aromatic rings.